The van der Waals surface area contributed by atoms with Crippen molar-refractivity contribution >= 4 is 0 Å². The molecule has 0 spiro atoms. The number of hydrogen-bond donors (Lipinski definition) is 1. The maximum atomic E-state index is 9.83. The lowest BCUT2D eigenvalue weighted by Gasteiger charge is -2.16. The fourth-order valence-electron chi connectivity index (χ4n) is 2.19. The molecule has 0 fully saturated rings. The average Bonchev–Trinajstić information content (AvgIpc) is 2.62. The van der Waals surface area contributed by atoms with E-state index in [1.807, 2.05) is 0 Å². The summed E-state index contributed by atoms with van der Waals surface area (Å²) >= 11 is 0. The molecule has 0 amide bonds. The molecule has 0 saturated heterocycles. The van der Waals surface area contributed by atoms with E-state index in [9.17, 15) is 5.11 Å². The highest BCUT2D eigenvalue weighted by atomic mass is 16.3. The number of aliphatic hydroxyl groups excluding tert-OH is 1. The van der Waals surface area contributed by atoms with Crippen LogP contribution in [0.2, 0.25) is 0 Å². The predicted molar refractivity (Wildman–Crippen MR) is 61.8 cm³/mol. The first kappa shape index (κ1) is 10.5. The Morgan fingerprint density at radius 2 is 2.40 bits per heavy atom. The van der Waals surface area contributed by atoms with Gasteiger partial charge in [-0.3, -0.25) is 0 Å². The zero-order valence-electron chi connectivity index (χ0n) is 9.37. The van der Waals surface area contributed by atoms with Crippen molar-refractivity contribution in [1.29, 1.82) is 0 Å². The van der Waals surface area contributed by atoms with Gasteiger partial charge in [0, 0.05) is 24.5 Å². The summed E-state index contributed by atoms with van der Waals surface area (Å²) in [7, 11) is 0. The molecule has 0 bridgehead atoms. The first-order valence-electron chi connectivity index (χ1n) is 5.74. The highest BCUT2D eigenvalue weighted by Gasteiger charge is 2.19. The van der Waals surface area contributed by atoms with Gasteiger partial charge in [0.05, 0.1) is 6.10 Å². The van der Waals surface area contributed by atoms with Crippen LogP contribution in [-0.2, 0) is 13.0 Å². The average molecular weight is 205 g/mol. The fraction of sp³-hybridized carbons (Fsp3) is 0.538. The molecular formula is C13H19NO. The normalized spacial score (nSPS) is 20.0. The molecule has 0 saturated carbocycles. The quantitative estimate of drug-likeness (QED) is 0.754. The molecule has 1 atom stereocenters. The van der Waals surface area contributed by atoms with Crippen molar-refractivity contribution in [3.05, 3.63) is 35.7 Å². The van der Waals surface area contributed by atoms with E-state index < -0.39 is 0 Å². The van der Waals surface area contributed by atoms with Gasteiger partial charge in [0.15, 0.2) is 0 Å². The molecule has 1 unspecified atom stereocenters. The van der Waals surface area contributed by atoms with Gasteiger partial charge < -0.3 is 9.67 Å². The fourth-order valence-corrected chi connectivity index (χ4v) is 2.19. The van der Waals surface area contributed by atoms with Gasteiger partial charge in [-0.15, -0.1) is 0 Å². The Morgan fingerprint density at radius 1 is 1.60 bits per heavy atom. The topological polar surface area (TPSA) is 25.2 Å². The number of aliphatic hydroxyl groups is 1. The second kappa shape index (κ2) is 4.23. The van der Waals surface area contributed by atoms with Gasteiger partial charge in [0.2, 0.25) is 0 Å². The summed E-state index contributed by atoms with van der Waals surface area (Å²) in [6.45, 7) is 7.02. The van der Waals surface area contributed by atoms with E-state index in [0.29, 0.717) is 0 Å². The van der Waals surface area contributed by atoms with Gasteiger partial charge in [-0.2, -0.15) is 0 Å². The zero-order valence-corrected chi connectivity index (χ0v) is 9.37. The molecule has 1 aliphatic rings. The van der Waals surface area contributed by atoms with Crippen molar-refractivity contribution in [2.75, 3.05) is 0 Å². The largest absolute Gasteiger partial charge is 0.388 e. The smallest absolute Gasteiger partial charge is 0.0807 e. The minimum atomic E-state index is -0.245. The van der Waals surface area contributed by atoms with Gasteiger partial charge in [-0.25, -0.2) is 0 Å². The number of nitrogens with zero attached hydrogens (tertiary/aromatic N) is 1. The Morgan fingerprint density at radius 3 is 3.07 bits per heavy atom. The molecule has 0 aliphatic heterocycles. The Kier molecular flexibility index (Phi) is 2.96. The number of allylic oxidation sites excluding steroid dienone is 1. The number of fused-ring (bicyclic) bond motifs is 1. The molecule has 15 heavy (non-hydrogen) atoms. The number of rotatable bonds is 3. The van der Waals surface area contributed by atoms with E-state index in [4.69, 9.17) is 0 Å². The molecule has 0 aromatic carbocycles. The minimum Gasteiger partial charge on any atom is -0.388 e. The van der Waals surface area contributed by atoms with E-state index >= 15 is 0 Å². The highest BCUT2D eigenvalue weighted by Crippen LogP contribution is 2.30. The Bertz CT molecular complexity index is 365. The Balaban J connectivity index is 2.18. The SMILES string of the molecule is C=C(CC)Cn1cc2c(c1)C(O)CCC2. The molecule has 1 aromatic rings. The number of hydrogen-bond acceptors (Lipinski definition) is 1. The molecule has 2 nitrogen and oxygen atoms in total. The molecule has 2 heteroatoms. The van der Waals surface area contributed by atoms with E-state index in [-0.39, 0.29) is 6.10 Å². The lowest BCUT2D eigenvalue weighted by molar-refractivity contribution is 0.157. The minimum absolute atomic E-state index is 0.245. The standard InChI is InChI=1S/C13H19NO/c1-3-10(2)7-14-8-11-5-4-6-13(15)12(11)9-14/h8-9,13,15H,2-7H2,1H3. The zero-order chi connectivity index (χ0) is 10.8. The van der Waals surface area contributed by atoms with Gasteiger partial charge in [-0.05, 0) is 31.2 Å². The third-order valence-electron chi connectivity index (χ3n) is 3.19. The van der Waals surface area contributed by atoms with E-state index in [1.165, 1.54) is 11.1 Å². The lowest BCUT2D eigenvalue weighted by Crippen LogP contribution is -2.05. The van der Waals surface area contributed by atoms with Crippen LogP contribution in [0, 0.1) is 0 Å². The summed E-state index contributed by atoms with van der Waals surface area (Å²) in [6, 6.07) is 0. The number of aromatic nitrogens is 1. The third kappa shape index (κ3) is 2.15. The predicted octanol–water partition coefficient (Wildman–Crippen LogP) is 2.82. The molecular weight excluding hydrogens is 186 g/mol. The second-order valence-electron chi connectivity index (χ2n) is 4.42. The van der Waals surface area contributed by atoms with E-state index in [0.717, 1.165) is 37.8 Å². The summed E-state index contributed by atoms with van der Waals surface area (Å²) in [4.78, 5) is 0. The van der Waals surface area contributed by atoms with Gasteiger partial charge >= 0.3 is 0 Å². The molecule has 1 aliphatic carbocycles. The van der Waals surface area contributed by atoms with Crippen molar-refractivity contribution in [3.8, 4) is 0 Å². The first-order valence-corrected chi connectivity index (χ1v) is 5.74. The molecule has 2 rings (SSSR count). The summed E-state index contributed by atoms with van der Waals surface area (Å²) in [6.07, 6.45) is 8.14. The van der Waals surface area contributed by atoms with Crippen LogP contribution < -0.4 is 0 Å². The summed E-state index contributed by atoms with van der Waals surface area (Å²) in [5.74, 6) is 0. The van der Waals surface area contributed by atoms with Crippen LogP contribution in [-0.4, -0.2) is 9.67 Å². The molecule has 1 N–H and O–H groups in total. The van der Waals surface area contributed by atoms with Crippen LogP contribution in [0.25, 0.3) is 0 Å². The Labute approximate surface area is 91.2 Å². The van der Waals surface area contributed by atoms with Crippen molar-refractivity contribution in [3.63, 3.8) is 0 Å². The maximum Gasteiger partial charge on any atom is 0.0807 e. The monoisotopic (exact) mass is 205 g/mol. The first-order chi connectivity index (χ1) is 7.20. The summed E-state index contributed by atoms with van der Waals surface area (Å²) < 4.78 is 2.16. The highest BCUT2D eigenvalue weighted by molar-refractivity contribution is 5.29. The summed E-state index contributed by atoms with van der Waals surface area (Å²) in [5, 5.41) is 9.83. The van der Waals surface area contributed by atoms with Crippen LogP contribution in [0.1, 0.15) is 43.4 Å². The molecule has 1 aromatic heterocycles. The van der Waals surface area contributed by atoms with E-state index in [2.05, 4.69) is 30.5 Å². The van der Waals surface area contributed by atoms with Crippen molar-refractivity contribution in [2.24, 2.45) is 0 Å². The lowest BCUT2D eigenvalue weighted by atomic mass is 9.93. The van der Waals surface area contributed by atoms with E-state index in [1.54, 1.807) is 0 Å². The van der Waals surface area contributed by atoms with Crippen LogP contribution in [0.4, 0.5) is 0 Å². The van der Waals surface area contributed by atoms with Gasteiger partial charge in [-0.1, -0.05) is 19.1 Å². The summed E-state index contributed by atoms with van der Waals surface area (Å²) in [5.41, 5.74) is 3.68. The number of aryl methyl sites for hydroxylation is 1. The maximum absolute atomic E-state index is 9.83. The van der Waals surface area contributed by atoms with Crippen LogP contribution in [0.3, 0.4) is 0 Å². The Hall–Kier alpha value is -1.02. The van der Waals surface area contributed by atoms with Crippen molar-refractivity contribution in [2.45, 2.75) is 45.3 Å². The van der Waals surface area contributed by atoms with Gasteiger partial charge in [0.1, 0.15) is 0 Å². The molecule has 0 radical (unpaired) electrons. The van der Waals surface area contributed by atoms with Crippen LogP contribution >= 0.6 is 0 Å². The van der Waals surface area contributed by atoms with Crippen LogP contribution in [0.15, 0.2) is 24.5 Å². The molecule has 1 heterocycles. The third-order valence-corrected chi connectivity index (χ3v) is 3.19. The van der Waals surface area contributed by atoms with Crippen molar-refractivity contribution < 1.29 is 5.11 Å². The van der Waals surface area contributed by atoms with Gasteiger partial charge in [0.25, 0.3) is 0 Å². The second-order valence-corrected chi connectivity index (χ2v) is 4.42. The van der Waals surface area contributed by atoms with Crippen LogP contribution in [0.5, 0.6) is 0 Å². The van der Waals surface area contributed by atoms with Crippen molar-refractivity contribution in [1.82, 2.24) is 4.57 Å². The molecule has 82 valence electrons.